The molecule has 2 aromatic rings. The summed E-state index contributed by atoms with van der Waals surface area (Å²) in [5.41, 5.74) is 0.329. The van der Waals surface area contributed by atoms with E-state index >= 15 is 0 Å². The van der Waals surface area contributed by atoms with Crippen LogP contribution in [0.3, 0.4) is 0 Å². The van der Waals surface area contributed by atoms with Gasteiger partial charge in [-0.15, -0.1) is 11.3 Å². The van der Waals surface area contributed by atoms with Crippen molar-refractivity contribution in [2.24, 2.45) is 5.92 Å². The lowest BCUT2D eigenvalue weighted by atomic mass is 10.0. The normalized spacial score (nSPS) is 11.4. The summed E-state index contributed by atoms with van der Waals surface area (Å²) in [6, 6.07) is 10.00. The minimum atomic E-state index is -1.42. The molecular formula is C14H9FN2O2S. The first-order valence-electron chi connectivity index (χ1n) is 5.65. The predicted molar refractivity (Wildman–Crippen MR) is 72.8 cm³/mol. The van der Waals surface area contributed by atoms with Gasteiger partial charge in [0.1, 0.15) is 5.82 Å². The maximum absolute atomic E-state index is 12.7. The number of nitrogens with one attached hydrogen (secondary N) is 1. The van der Waals surface area contributed by atoms with Crippen LogP contribution in [0.2, 0.25) is 0 Å². The van der Waals surface area contributed by atoms with E-state index < -0.39 is 23.4 Å². The van der Waals surface area contributed by atoms with Gasteiger partial charge in [0, 0.05) is 5.69 Å². The van der Waals surface area contributed by atoms with Crippen molar-refractivity contribution in [3.8, 4) is 6.07 Å². The van der Waals surface area contributed by atoms with Gasteiger partial charge in [-0.1, -0.05) is 6.07 Å². The first-order valence-corrected chi connectivity index (χ1v) is 6.53. The highest BCUT2D eigenvalue weighted by atomic mass is 32.1. The van der Waals surface area contributed by atoms with Gasteiger partial charge >= 0.3 is 0 Å². The van der Waals surface area contributed by atoms with Crippen LogP contribution in [0.15, 0.2) is 41.8 Å². The summed E-state index contributed by atoms with van der Waals surface area (Å²) in [4.78, 5) is 24.3. The summed E-state index contributed by atoms with van der Waals surface area (Å²) in [7, 11) is 0. The second-order valence-electron chi connectivity index (χ2n) is 3.90. The maximum atomic E-state index is 12.7. The maximum Gasteiger partial charge on any atom is 0.249 e. The SMILES string of the molecule is N#CC(C(=O)Nc1ccc(F)cc1)C(=O)c1cccs1. The topological polar surface area (TPSA) is 70.0 Å². The average molecular weight is 288 g/mol. The van der Waals surface area contributed by atoms with Crippen molar-refractivity contribution in [1.29, 1.82) is 5.26 Å². The number of amides is 1. The number of ketones is 1. The summed E-state index contributed by atoms with van der Waals surface area (Å²) in [6.07, 6.45) is 0. The summed E-state index contributed by atoms with van der Waals surface area (Å²) in [5.74, 6) is -3.12. The molecule has 1 aromatic heterocycles. The van der Waals surface area contributed by atoms with Crippen LogP contribution in [0.4, 0.5) is 10.1 Å². The standard InChI is InChI=1S/C14H9FN2O2S/c15-9-3-5-10(6-4-9)17-14(19)11(8-16)13(18)12-2-1-7-20-12/h1-7,11H,(H,17,19). The molecule has 2 rings (SSSR count). The molecule has 1 unspecified atom stereocenters. The molecule has 0 saturated heterocycles. The molecule has 0 saturated carbocycles. The van der Waals surface area contributed by atoms with Crippen LogP contribution in [0.1, 0.15) is 9.67 Å². The van der Waals surface area contributed by atoms with Crippen LogP contribution < -0.4 is 5.32 Å². The lowest BCUT2D eigenvalue weighted by molar-refractivity contribution is -0.117. The Hall–Kier alpha value is -2.52. The van der Waals surface area contributed by atoms with Crippen molar-refractivity contribution in [3.05, 3.63) is 52.5 Å². The summed E-state index contributed by atoms with van der Waals surface area (Å²) >= 11 is 1.17. The average Bonchev–Trinajstić information content (AvgIpc) is 2.96. The van der Waals surface area contributed by atoms with Crippen molar-refractivity contribution in [2.45, 2.75) is 0 Å². The van der Waals surface area contributed by atoms with Crippen LogP contribution in [-0.2, 0) is 4.79 Å². The molecule has 20 heavy (non-hydrogen) atoms. The van der Waals surface area contributed by atoms with Gasteiger partial charge in [-0.3, -0.25) is 9.59 Å². The molecule has 0 aliphatic carbocycles. The fourth-order valence-corrected chi connectivity index (χ4v) is 2.24. The summed E-state index contributed by atoms with van der Waals surface area (Å²) in [6.45, 7) is 0. The largest absolute Gasteiger partial charge is 0.325 e. The third-order valence-corrected chi connectivity index (χ3v) is 3.41. The zero-order valence-electron chi connectivity index (χ0n) is 10.2. The van der Waals surface area contributed by atoms with Crippen LogP contribution in [0.25, 0.3) is 0 Å². The monoisotopic (exact) mass is 288 g/mol. The molecule has 100 valence electrons. The molecule has 6 heteroatoms. The van der Waals surface area contributed by atoms with E-state index in [4.69, 9.17) is 5.26 Å². The molecule has 4 nitrogen and oxygen atoms in total. The van der Waals surface area contributed by atoms with E-state index in [0.29, 0.717) is 10.6 Å². The van der Waals surface area contributed by atoms with Gasteiger partial charge in [-0.2, -0.15) is 5.26 Å². The Kier molecular flexibility index (Phi) is 4.23. The van der Waals surface area contributed by atoms with Gasteiger partial charge in [0.2, 0.25) is 5.91 Å². The van der Waals surface area contributed by atoms with Crippen molar-refractivity contribution in [2.75, 3.05) is 5.32 Å². The number of hydrogen-bond donors (Lipinski definition) is 1. The molecular weight excluding hydrogens is 279 g/mol. The number of carbonyl (C=O) groups excluding carboxylic acids is 2. The van der Waals surface area contributed by atoms with Crippen molar-refractivity contribution in [3.63, 3.8) is 0 Å². The first-order chi connectivity index (χ1) is 9.61. The van der Waals surface area contributed by atoms with Gasteiger partial charge in [0.15, 0.2) is 11.7 Å². The molecule has 1 N–H and O–H groups in total. The number of hydrogen-bond acceptors (Lipinski definition) is 4. The van der Waals surface area contributed by atoms with Gasteiger partial charge in [-0.25, -0.2) is 4.39 Å². The zero-order chi connectivity index (χ0) is 14.5. The molecule has 1 aromatic carbocycles. The van der Waals surface area contributed by atoms with Crippen LogP contribution in [0, 0.1) is 23.1 Å². The number of anilines is 1. The van der Waals surface area contributed by atoms with Crippen molar-refractivity contribution < 1.29 is 14.0 Å². The van der Waals surface area contributed by atoms with Crippen molar-refractivity contribution >= 4 is 28.7 Å². The second kappa shape index (κ2) is 6.08. The van der Waals surface area contributed by atoms with Gasteiger partial charge < -0.3 is 5.32 Å². The molecule has 1 amide bonds. The Morgan fingerprint density at radius 2 is 1.95 bits per heavy atom. The Bertz CT molecular complexity index is 659. The van der Waals surface area contributed by atoms with Gasteiger partial charge in [0.05, 0.1) is 10.9 Å². The molecule has 0 radical (unpaired) electrons. The third-order valence-electron chi connectivity index (χ3n) is 2.53. The van der Waals surface area contributed by atoms with Crippen molar-refractivity contribution in [1.82, 2.24) is 0 Å². The number of rotatable bonds is 4. The second-order valence-corrected chi connectivity index (χ2v) is 4.85. The highest BCUT2D eigenvalue weighted by molar-refractivity contribution is 7.12. The number of Topliss-reactive ketones (excluding diaryl/α,β-unsaturated/α-hetero) is 1. The third kappa shape index (κ3) is 3.08. The predicted octanol–water partition coefficient (Wildman–Crippen LogP) is 2.85. The molecule has 0 aliphatic heterocycles. The first kappa shape index (κ1) is 13.9. The fraction of sp³-hybridized carbons (Fsp3) is 0.0714. The zero-order valence-corrected chi connectivity index (χ0v) is 11.0. The van der Waals surface area contributed by atoms with E-state index in [1.54, 1.807) is 23.6 Å². The van der Waals surface area contributed by atoms with E-state index in [1.165, 1.54) is 35.6 Å². The van der Waals surface area contributed by atoms with E-state index in [2.05, 4.69) is 5.32 Å². The van der Waals surface area contributed by atoms with Crippen LogP contribution in [0.5, 0.6) is 0 Å². The summed E-state index contributed by atoms with van der Waals surface area (Å²) < 4.78 is 12.7. The minimum absolute atomic E-state index is 0.329. The quantitative estimate of drug-likeness (QED) is 0.694. The van der Waals surface area contributed by atoms with Crippen LogP contribution >= 0.6 is 11.3 Å². The highest BCUT2D eigenvalue weighted by Crippen LogP contribution is 2.17. The Morgan fingerprint density at radius 1 is 1.25 bits per heavy atom. The fourth-order valence-electron chi connectivity index (χ4n) is 1.54. The molecule has 0 bridgehead atoms. The van der Waals surface area contributed by atoms with E-state index in [-0.39, 0.29) is 0 Å². The number of benzene rings is 1. The van der Waals surface area contributed by atoms with Gasteiger partial charge in [-0.05, 0) is 35.7 Å². The lowest BCUT2D eigenvalue weighted by Gasteiger charge is -2.08. The number of carbonyl (C=O) groups is 2. The molecule has 1 heterocycles. The Morgan fingerprint density at radius 3 is 2.50 bits per heavy atom. The number of halogens is 1. The Balaban J connectivity index is 2.12. The summed E-state index contributed by atoms with van der Waals surface area (Å²) in [5, 5.41) is 13.1. The minimum Gasteiger partial charge on any atom is -0.325 e. The highest BCUT2D eigenvalue weighted by Gasteiger charge is 2.28. The number of nitriles is 1. The Labute approximate surface area is 118 Å². The molecule has 0 spiro atoms. The smallest absolute Gasteiger partial charge is 0.249 e. The molecule has 0 fully saturated rings. The lowest BCUT2D eigenvalue weighted by Crippen LogP contribution is -2.28. The molecule has 0 aliphatic rings. The van der Waals surface area contributed by atoms with Crippen LogP contribution in [-0.4, -0.2) is 11.7 Å². The van der Waals surface area contributed by atoms with E-state index in [9.17, 15) is 14.0 Å². The molecule has 1 atom stereocenters. The van der Waals surface area contributed by atoms with E-state index in [1.807, 2.05) is 0 Å². The van der Waals surface area contributed by atoms with Gasteiger partial charge in [0.25, 0.3) is 0 Å². The number of nitrogens with zero attached hydrogens (tertiary/aromatic N) is 1. The number of thiophene rings is 1. The van der Waals surface area contributed by atoms with E-state index in [0.717, 1.165) is 0 Å².